The lowest BCUT2D eigenvalue weighted by molar-refractivity contribution is 0.224. The van der Waals surface area contributed by atoms with E-state index in [0.717, 1.165) is 13.1 Å². The van der Waals surface area contributed by atoms with Gasteiger partial charge >= 0.3 is 0 Å². The Morgan fingerprint density at radius 3 is 1.86 bits per heavy atom. The van der Waals surface area contributed by atoms with Crippen LogP contribution in [0.15, 0.2) is 73.3 Å². The Labute approximate surface area is 127 Å². The monoisotopic (exact) mass is 277 g/mol. The SMILES string of the molecule is C=C[C@@]1(C)CC1N(Cc1ccccc1)Cc1ccccc1. The average Bonchev–Trinajstić information content (AvgIpc) is 3.21. The van der Waals surface area contributed by atoms with Crippen molar-refractivity contribution < 1.29 is 0 Å². The standard InChI is InChI=1S/C20H23N/c1-3-20(2)14-19(20)21(15-17-10-6-4-7-11-17)16-18-12-8-5-9-13-18/h3-13,19H,1,14-16H2,2H3/t19?,20-/m0/s1. The van der Waals surface area contributed by atoms with E-state index in [9.17, 15) is 0 Å². The third-order valence-corrected chi connectivity index (χ3v) is 4.60. The average molecular weight is 277 g/mol. The lowest BCUT2D eigenvalue weighted by atomic mass is 10.1. The van der Waals surface area contributed by atoms with E-state index in [1.807, 2.05) is 0 Å². The largest absolute Gasteiger partial charge is 0.291 e. The third-order valence-electron chi connectivity index (χ3n) is 4.60. The van der Waals surface area contributed by atoms with Gasteiger partial charge in [0.05, 0.1) is 0 Å². The van der Waals surface area contributed by atoms with Gasteiger partial charge in [-0.3, -0.25) is 4.90 Å². The Bertz CT molecular complexity index is 548. The van der Waals surface area contributed by atoms with Crippen molar-refractivity contribution in [1.29, 1.82) is 0 Å². The molecule has 0 aliphatic heterocycles. The molecule has 0 spiro atoms. The summed E-state index contributed by atoms with van der Waals surface area (Å²) in [6.45, 7) is 8.34. The highest BCUT2D eigenvalue weighted by molar-refractivity contribution is 5.21. The number of hydrogen-bond donors (Lipinski definition) is 0. The van der Waals surface area contributed by atoms with Gasteiger partial charge in [-0.2, -0.15) is 0 Å². The van der Waals surface area contributed by atoms with Crippen molar-refractivity contribution in [3.05, 3.63) is 84.4 Å². The minimum atomic E-state index is 0.281. The van der Waals surface area contributed by atoms with Gasteiger partial charge in [0.2, 0.25) is 0 Å². The second-order valence-electron chi connectivity index (χ2n) is 6.31. The fraction of sp³-hybridized carbons (Fsp3) is 0.300. The molecule has 1 heteroatoms. The van der Waals surface area contributed by atoms with Crippen molar-refractivity contribution >= 4 is 0 Å². The van der Waals surface area contributed by atoms with Crippen LogP contribution in [0.2, 0.25) is 0 Å². The lowest BCUT2D eigenvalue weighted by Gasteiger charge is -2.24. The Hall–Kier alpha value is -1.86. The Morgan fingerprint density at radius 1 is 1.00 bits per heavy atom. The Balaban J connectivity index is 1.77. The summed E-state index contributed by atoms with van der Waals surface area (Å²) in [6, 6.07) is 22.1. The summed E-state index contributed by atoms with van der Waals surface area (Å²) in [5.74, 6) is 0. The molecule has 0 aromatic heterocycles. The Kier molecular flexibility index (Phi) is 3.94. The molecular weight excluding hydrogens is 254 g/mol. The van der Waals surface area contributed by atoms with Crippen LogP contribution in [0.4, 0.5) is 0 Å². The highest BCUT2D eigenvalue weighted by atomic mass is 15.2. The zero-order chi connectivity index (χ0) is 14.7. The van der Waals surface area contributed by atoms with Gasteiger partial charge in [0.25, 0.3) is 0 Å². The maximum Gasteiger partial charge on any atom is 0.0240 e. The minimum Gasteiger partial charge on any atom is -0.291 e. The summed E-state index contributed by atoms with van der Waals surface area (Å²) in [4.78, 5) is 2.59. The van der Waals surface area contributed by atoms with Gasteiger partial charge in [0, 0.05) is 24.5 Å². The first kappa shape index (κ1) is 14.1. The summed E-state index contributed by atoms with van der Waals surface area (Å²) in [5, 5.41) is 0. The van der Waals surface area contributed by atoms with E-state index in [0.29, 0.717) is 6.04 Å². The lowest BCUT2D eigenvalue weighted by Crippen LogP contribution is -2.28. The summed E-state index contributed by atoms with van der Waals surface area (Å²) in [7, 11) is 0. The van der Waals surface area contributed by atoms with Crippen molar-refractivity contribution in [2.75, 3.05) is 0 Å². The predicted molar refractivity (Wildman–Crippen MR) is 88.8 cm³/mol. The second kappa shape index (κ2) is 5.87. The van der Waals surface area contributed by atoms with Gasteiger partial charge < -0.3 is 0 Å². The number of hydrogen-bond acceptors (Lipinski definition) is 1. The van der Waals surface area contributed by atoms with Gasteiger partial charge in [-0.1, -0.05) is 73.7 Å². The van der Waals surface area contributed by atoms with Gasteiger partial charge in [0.1, 0.15) is 0 Å². The molecule has 108 valence electrons. The van der Waals surface area contributed by atoms with Crippen molar-refractivity contribution in [3.63, 3.8) is 0 Å². The van der Waals surface area contributed by atoms with E-state index in [1.165, 1.54) is 17.5 Å². The molecule has 0 N–H and O–H groups in total. The molecule has 3 rings (SSSR count). The molecule has 1 nitrogen and oxygen atoms in total. The van der Waals surface area contributed by atoms with E-state index in [2.05, 4.69) is 85.1 Å². The van der Waals surface area contributed by atoms with Gasteiger partial charge in [-0.15, -0.1) is 6.58 Å². The van der Waals surface area contributed by atoms with E-state index in [4.69, 9.17) is 0 Å². The summed E-state index contributed by atoms with van der Waals surface area (Å²) in [5.41, 5.74) is 3.04. The van der Waals surface area contributed by atoms with E-state index >= 15 is 0 Å². The topological polar surface area (TPSA) is 3.24 Å². The maximum absolute atomic E-state index is 4.01. The quantitative estimate of drug-likeness (QED) is 0.694. The van der Waals surface area contributed by atoms with E-state index < -0.39 is 0 Å². The zero-order valence-corrected chi connectivity index (χ0v) is 12.7. The highest BCUT2D eigenvalue weighted by Gasteiger charge is 2.50. The molecule has 0 amide bonds. The normalized spacial score (nSPS) is 24.0. The molecule has 21 heavy (non-hydrogen) atoms. The maximum atomic E-state index is 4.01. The molecule has 1 unspecified atom stereocenters. The fourth-order valence-electron chi connectivity index (χ4n) is 3.04. The van der Waals surface area contributed by atoms with Crippen molar-refractivity contribution in [2.45, 2.75) is 32.5 Å². The molecule has 1 aliphatic rings. The number of rotatable bonds is 6. The zero-order valence-electron chi connectivity index (χ0n) is 12.7. The summed E-state index contributed by atoms with van der Waals surface area (Å²) < 4.78 is 0. The molecular formula is C20H23N. The van der Waals surface area contributed by atoms with Crippen LogP contribution in [0, 0.1) is 5.41 Å². The smallest absolute Gasteiger partial charge is 0.0240 e. The van der Waals surface area contributed by atoms with Crippen LogP contribution in [0.25, 0.3) is 0 Å². The number of nitrogens with zero attached hydrogens (tertiary/aromatic N) is 1. The minimum absolute atomic E-state index is 0.281. The van der Waals surface area contributed by atoms with Crippen molar-refractivity contribution in [2.24, 2.45) is 5.41 Å². The number of benzene rings is 2. The van der Waals surface area contributed by atoms with Crippen LogP contribution in [-0.4, -0.2) is 10.9 Å². The molecule has 0 heterocycles. The first-order chi connectivity index (χ1) is 10.2. The molecule has 0 saturated heterocycles. The van der Waals surface area contributed by atoms with Gasteiger partial charge in [-0.05, 0) is 17.5 Å². The van der Waals surface area contributed by atoms with E-state index in [-0.39, 0.29) is 5.41 Å². The van der Waals surface area contributed by atoms with E-state index in [1.54, 1.807) is 0 Å². The molecule has 0 radical (unpaired) electrons. The van der Waals surface area contributed by atoms with Crippen molar-refractivity contribution in [3.8, 4) is 0 Å². The molecule has 2 aromatic rings. The Morgan fingerprint density at radius 2 is 1.48 bits per heavy atom. The first-order valence-electron chi connectivity index (χ1n) is 7.67. The molecule has 1 saturated carbocycles. The summed E-state index contributed by atoms with van der Waals surface area (Å²) in [6.07, 6.45) is 3.34. The van der Waals surface area contributed by atoms with Crippen LogP contribution in [0.3, 0.4) is 0 Å². The molecule has 1 aliphatic carbocycles. The van der Waals surface area contributed by atoms with Crippen LogP contribution in [0.1, 0.15) is 24.5 Å². The predicted octanol–water partition coefficient (Wildman–Crippen LogP) is 4.65. The van der Waals surface area contributed by atoms with Crippen LogP contribution < -0.4 is 0 Å². The van der Waals surface area contributed by atoms with Gasteiger partial charge in [-0.25, -0.2) is 0 Å². The van der Waals surface area contributed by atoms with Gasteiger partial charge in [0.15, 0.2) is 0 Å². The van der Waals surface area contributed by atoms with Crippen LogP contribution >= 0.6 is 0 Å². The second-order valence-corrected chi connectivity index (χ2v) is 6.31. The molecule has 2 atom stereocenters. The fourth-order valence-corrected chi connectivity index (χ4v) is 3.04. The molecule has 1 fully saturated rings. The van der Waals surface area contributed by atoms with Crippen LogP contribution in [-0.2, 0) is 13.1 Å². The van der Waals surface area contributed by atoms with Crippen molar-refractivity contribution in [1.82, 2.24) is 4.90 Å². The van der Waals surface area contributed by atoms with Crippen LogP contribution in [0.5, 0.6) is 0 Å². The molecule has 0 bridgehead atoms. The summed E-state index contributed by atoms with van der Waals surface area (Å²) >= 11 is 0. The first-order valence-corrected chi connectivity index (χ1v) is 7.67. The third kappa shape index (κ3) is 3.25. The molecule has 2 aromatic carbocycles. The highest BCUT2D eigenvalue weighted by Crippen LogP contribution is 2.50.